The lowest BCUT2D eigenvalue weighted by Crippen LogP contribution is -2.06. The Morgan fingerprint density at radius 2 is 2.05 bits per heavy atom. The zero-order valence-electron chi connectivity index (χ0n) is 10.4. The van der Waals surface area contributed by atoms with Gasteiger partial charge < -0.3 is 4.74 Å². The van der Waals surface area contributed by atoms with Crippen LogP contribution in [0.1, 0.15) is 10.4 Å². The highest BCUT2D eigenvalue weighted by molar-refractivity contribution is 6.35. The van der Waals surface area contributed by atoms with E-state index in [-0.39, 0.29) is 26.9 Å². The first-order valence-electron chi connectivity index (χ1n) is 5.47. The van der Waals surface area contributed by atoms with E-state index in [0.29, 0.717) is 6.29 Å². The Bertz CT molecular complexity index is 704. The number of ether oxygens (including phenoxy) is 1. The second kappa shape index (κ2) is 5.95. The van der Waals surface area contributed by atoms with Crippen molar-refractivity contribution in [1.29, 1.82) is 0 Å². The molecule has 1 heterocycles. The summed E-state index contributed by atoms with van der Waals surface area (Å²) in [6.45, 7) is -3.11. The van der Waals surface area contributed by atoms with Crippen molar-refractivity contribution in [3.05, 3.63) is 33.6 Å². The van der Waals surface area contributed by atoms with E-state index in [4.69, 9.17) is 23.2 Å². The Morgan fingerprint density at radius 3 is 2.62 bits per heavy atom. The van der Waals surface area contributed by atoms with E-state index in [0.717, 1.165) is 16.8 Å². The molecule has 2 rings (SSSR count). The molecule has 1 aromatic carbocycles. The molecule has 2 aromatic rings. The normalized spacial score (nSPS) is 11.0. The molecule has 1 aromatic heterocycles. The predicted octanol–water partition coefficient (Wildman–Crippen LogP) is 3.95. The van der Waals surface area contributed by atoms with Crippen LogP contribution >= 0.6 is 23.2 Å². The van der Waals surface area contributed by atoms with Crippen LogP contribution in [0.5, 0.6) is 5.88 Å². The fraction of sp³-hybridized carbons (Fsp3) is 0.167. The molecular formula is C12H7Cl2F3N2O2. The highest BCUT2D eigenvalue weighted by atomic mass is 35.5. The lowest BCUT2D eigenvalue weighted by molar-refractivity contribution is -0.0552. The average molecular weight is 339 g/mol. The van der Waals surface area contributed by atoms with E-state index in [1.165, 1.54) is 7.05 Å². The van der Waals surface area contributed by atoms with E-state index in [1.54, 1.807) is 0 Å². The number of hydrogen-bond donors (Lipinski definition) is 0. The minimum Gasteiger partial charge on any atom is -0.416 e. The highest BCUT2D eigenvalue weighted by Crippen LogP contribution is 2.37. The SMILES string of the molecule is Cn1nc(-c2cc(C=O)c(Cl)cc2F)c(Cl)c1OC(F)F. The molecule has 9 heteroatoms. The van der Waals surface area contributed by atoms with Gasteiger partial charge in [-0.25, -0.2) is 9.07 Å². The molecule has 4 nitrogen and oxygen atoms in total. The molecule has 0 radical (unpaired) electrons. The van der Waals surface area contributed by atoms with Gasteiger partial charge in [-0.15, -0.1) is 0 Å². The summed E-state index contributed by atoms with van der Waals surface area (Å²) in [7, 11) is 1.31. The fourth-order valence-corrected chi connectivity index (χ4v) is 2.21. The number of halogens is 5. The van der Waals surface area contributed by atoms with Gasteiger partial charge in [0.2, 0.25) is 5.88 Å². The van der Waals surface area contributed by atoms with Gasteiger partial charge in [0.25, 0.3) is 0 Å². The number of benzene rings is 1. The van der Waals surface area contributed by atoms with Gasteiger partial charge in [0.1, 0.15) is 16.5 Å². The van der Waals surface area contributed by atoms with E-state index >= 15 is 0 Å². The Balaban J connectivity index is 2.60. The van der Waals surface area contributed by atoms with Crippen LogP contribution in [0.25, 0.3) is 11.3 Å². The zero-order chi connectivity index (χ0) is 15.7. The summed E-state index contributed by atoms with van der Waals surface area (Å²) in [6, 6.07) is 2.05. The van der Waals surface area contributed by atoms with E-state index in [1.807, 2.05) is 0 Å². The first-order valence-corrected chi connectivity index (χ1v) is 6.22. The quantitative estimate of drug-likeness (QED) is 0.793. The molecule has 112 valence electrons. The number of rotatable bonds is 4. The monoisotopic (exact) mass is 338 g/mol. The molecule has 21 heavy (non-hydrogen) atoms. The lowest BCUT2D eigenvalue weighted by atomic mass is 10.1. The van der Waals surface area contributed by atoms with Crippen molar-refractivity contribution in [1.82, 2.24) is 9.78 Å². The van der Waals surface area contributed by atoms with E-state index in [2.05, 4.69) is 9.84 Å². The van der Waals surface area contributed by atoms with Crippen molar-refractivity contribution in [3.8, 4) is 17.1 Å². The standard InChI is InChI=1S/C12H7Cl2F3N2O2/c1-19-11(21-12(16)17)9(14)10(18-19)6-2-5(4-20)7(13)3-8(6)15/h2-4,12H,1H3. The van der Waals surface area contributed by atoms with Gasteiger partial charge in [0.05, 0.1) is 5.02 Å². The van der Waals surface area contributed by atoms with Crippen molar-refractivity contribution in [2.24, 2.45) is 7.05 Å². The number of aromatic nitrogens is 2. The van der Waals surface area contributed by atoms with Gasteiger partial charge in [-0.3, -0.25) is 4.79 Å². The van der Waals surface area contributed by atoms with Crippen molar-refractivity contribution in [2.75, 3.05) is 0 Å². The number of nitrogens with zero attached hydrogens (tertiary/aromatic N) is 2. The van der Waals surface area contributed by atoms with Gasteiger partial charge in [-0.05, 0) is 12.1 Å². The Kier molecular flexibility index (Phi) is 4.43. The van der Waals surface area contributed by atoms with Gasteiger partial charge in [-0.1, -0.05) is 23.2 Å². The zero-order valence-corrected chi connectivity index (χ0v) is 11.9. The molecule has 0 aliphatic heterocycles. The van der Waals surface area contributed by atoms with Gasteiger partial charge >= 0.3 is 6.61 Å². The third-order valence-corrected chi connectivity index (χ3v) is 3.28. The number of aldehydes is 1. The third-order valence-electron chi connectivity index (χ3n) is 2.61. The topological polar surface area (TPSA) is 44.1 Å². The minimum absolute atomic E-state index is 0.0196. The first kappa shape index (κ1) is 15.7. The number of carbonyl (C=O) groups is 1. The van der Waals surface area contributed by atoms with Crippen molar-refractivity contribution in [2.45, 2.75) is 6.61 Å². The third kappa shape index (κ3) is 2.98. The van der Waals surface area contributed by atoms with E-state index < -0.39 is 18.3 Å². The summed E-state index contributed by atoms with van der Waals surface area (Å²) in [6.07, 6.45) is 0.429. The van der Waals surface area contributed by atoms with Gasteiger partial charge in [-0.2, -0.15) is 13.9 Å². The maximum absolute atomic E-state index is 13.9. The van der Waals surface area contributed by atoms with Gasteiger partial charge in [0, 0.05) is 18.2 Å². The summed E-state index contributed by atoms with van der Waals surface area (Å²) < 4.78 is 43.7. The summed E-state index contributed by atoms with van der Waals surface area (Å²) in [5, 5.41) is 3.45. The van der Waals surface area contributed by atoms with Crippen LogP contribution in [0.4, 0.5) is 13.2 Å². The van der Waals surface area contributed by atoms with Crippen LogP contribution in [0.3, 0.4) is 0 Å². The largest absolute Gasteiger partial charge is 0.416 e. The summed E-state index contributed by atoms with van der Waals surface area (Å²) in [4.78, 5) is 10.8. The summed E-state index contributed by atoms with van der Waals surface area (Å²) in [5.41, 5.74) is -0.260. The molecule has 0 fully saturated rings. The Morgan fingerprint density at radius 1 is 1.38 bits per heavy atom. The average Bonchev–Trinajstić information content (AvgIpc) is 2.66. The molecule has 0 spiro atoms. The van der Waals surface area contributed by atoms with Crippen LogP contribution in [-0.2, 0) is 7.05 Å². The second-order valence-electron chi connectivity index (χ2n) is 3.94. The maximum Gasteiger partial charge on any atom is 0.388 e. The fourth-order valence-electron chi connectivity index (χ4n) is 1.70. The van der Waals surface area contributed by atoms with Crippen molar-refractivity contribution >= 4 is 29.5 Å². The summed E-state index contributed by atoms with van der Waals surface area (Å²) in [5.74, 6) is -1.21. The lowest BCUT2D eigenvalue weighted by Gasteiger charge is -2.04. The number of hydrogen-bond acceptors (Lipinski definition) is 3. The number of carbonyl (C=O) groups excluding carboxylic acids is 1. The van der Waals surface area contributed by atoms with Crippen molar-refractivity contribution < 1.29 is 22.7 Å². The molecule has 0 amide bonds. The Hall–Kier alpha value is -1.73. The van der Waals surface area contributed by atoms with Crippen LogP contribution < -0.4 is 4.74 Å². The first-order chi connectivity index (χ1) is 9.85. The Labute approximate surface area is 127 Å². The molecule has 0 aliphatic carbocycles. The minimum atomic E-state index is -3.11. The van der Waals surface area contributed by atoms with Crippen LogP contribution in [-0.4, -0.2) is 22.7 Å². The van der Waals surface area contributed by atoms with Crippen LogP contribution in [0, 0.1) is 5.82 Å². The number of aryl methyl sites for hydroxylation is 1. The van der Waals surface area contributed by atoms with Crippen LogP contribution in [0.15, 0.2) is 12.1 Å². The molecule has 0 atom stereocenters. The van der Waals surface area contributed by atoms with Crippen molar-refractivity contribution in [3.63, 3.8) is 0 Å². The van der Waals surface area contributed by atoms with Crippen LogP contribution in [0.2, 0.25) is 10.0 Å². The second-order valence-corrected chi connectivity index (χ2v) is 4.73. The molecular weight excluding hydrogens is 332 g/mol. The maximum atomic E-state index is 13.9. The molecule has 0 aliphatic rings. The smallest absolute Gasteiger partial charge is 0.388 e. The predicted molar refractivity (Wildman–Crippen MR) is 70.6 cm³/mol. The summed E-state index contributed by atoms with van der Waals surface area (Å²) >= 11 is 11.6. The molecule has 0 saturated carbocycles. The molecule has 0 unspecified atom stereocenters. The molecule has 0 saturated heterocycles. The van der Waals surface area contributed by atoms with E-state index in [9.17, 15) is 18.0 Å². The molecule has 0 bridgehead atoms. The van der Waals surface area contributed by atoms with Gasteiger partial charge in [0.15, 0.2) is 6.29 Å². The molecule has 0 N–H and O–H groups in total. The number of alkyl halides is 2. The highest BCUT2D eigenvalue weighted by Gasteiger charge is 2.23.